The Hall–Kier alpha value is -2.68. The molecule has 24 heavy (non-hydrogen) atoms. The summed E-state index contributed by atoms with van der Waals surface area (Å²) in [5.74, 6) is -1.02. The van der Waals surface area contributed by atoms with E-state index in [1.54, 1.807) is 6.26 Å². The van der Waals surface area contributed by atoms with Gasteiger partial charge in [0, 0.05) is 11.0 Å². The van der Waals surface area contributed by atoms with Crippen LogP contribution >= 0.6 is 11.8 Å². The molecule has 0 heterocycles. The van der Waals surface area contributed by atoms with E-state index in [1.807, 2.05) is 0 Å². The Morgan fingerprint density at radius 3 is 2.62 bits per heavy atom. The molecule has 0 atom stereocenters. The van der Waals surface area contributed by atoms with E-state index in [9.17, 15) is 23.7 Å². The molecule has 0 aliphatic heterocycles. The first-order valence-corrected chi connectivity index (χ1v) is 7.82. The van der Waals surface area contributed by atoms with Crippen LogP contribution in [0.2, 0.25) is 0 Å². The largest absolute Gasteiger partial charge is 0.433 e. The lowest BCUT2D eigenvalue weighted by Crippen LogP contribution is -2.15. The fourth-order valence-corrected chi connectivity index (χ4v) is 2.38. The average molecular weight is 354 g/mol. The zero-order valence-electron chi connectivity index (χ0n) is 12.4. The number of benzene rings is 2. The maximum Gasteiger partial charge on any atom is 0.387 e. The van der Waals surface area contributed by atoms with Crippen molar-refractivity contribution in [1.29, 1.82) is 0 Å². The Labute approximate surface area is 140 Å². The van der Waals surface area contributed by atoms with Gasteiger partial charge in [-0.3, -0.25) is 14.9 Å². The molecule has 0 spiro atoms. The number of rotatable bonds is 6. The number of halogens is 2. The summed E-state index contributed by atoms with van der Waals surface area (Å²) in [6.07, 6.45) is 1.76. The van der Waals surface area contributed by atoms with Crippen LogP contribution in [0.25, 0.3) is 0 Å². The molecule has 1 amide bonds. The molecule has 2 rings (SSSR count). The molecule has 0 bridgehead atoms. The van der Waals surface area contributed by atoms with E-state index in [0.717, 1.165) is 0 Å². The summed E-state index contributed by atoms with van der Waals surface area (Å²) < 4.78 is 29.1. The van der Waals surface area contributed by atoms with Crippen molar-refractivity contribution in [3.05, 3.63) is 58.1 Å². The van der Waals surface area contributed by atoms with Crippen LogP contribution in [0.1, 0.15) is 10.4 Å². The number of thioether (sulfide) groups is 1. The number of nitrogens with one attached hydrogen (secondary N) is 1. The molecule has 126 valence electrons. The zero-order valence-corrected chi connectivity index (χ0v) is 13.2. The van der Waals surface area contributed by atoms with Gasteiger partial charge in [-0.1, -0.05) is 12.1 Å². The zero-order chi connectivity index (χ0) is 17.7. The highest BCUT2D eigenvalue weighted by atomic mass is 32.2. The fraction of sp³-hybridized carbons (Fsp3) is 0.133. The van der Waals surface area contributed by atoms with Crippen molar-refractivity contribution < 1.29 is 23.2 Å². The fourth-order valence-electron chi connectivity index (χ4n) is 1.94. The molecule has 0 unspecified atom stereocenters. The first-order valence-electron chi connectivity index (χ1n) is 6.60. The van der Waals surface area contributed by atoms with Gasteiger partial charge in [0.15, 0.2) is 0 Å². The molecular weight excluding hydrogens is 342 g/mol. The second kappa shape index (κ2) is 7.73. The molecule has 9 heteroatoms. The van der Waals surface area contributed by atoms with Gasteiger partial charge < -0.3 is 10.1 Å². The predicted molar refractivity (Wildman–Crippen MR) is 85.9 cm³/mol. The lowest BCUT2D eigenvalue weighted by Gasteiger charge is -2.12. The van der Waals surface area contributed by atoms with Crippen molar-refractivity contribution in [1.82, 2.24) is 0 Å². The van der Waals surface area contributed by atoms with Crippen molar-refractivity contribution in [3.8, 4) is 5.75 Å². The summed E-state index contributed by atoms with van der Waals surface area (Å²) in [7, 11) is 0. The summed E-state index contributed by atoms with van der Waals surface area (Å²) in [4.78, 5) is 23.4. The highest BCUT2D eigenvalue weighted by Crippen LogP contribution is 2.29. The minimum atomic E-state index is -3.06. The lowest BCUT2D eigenvalue weighted by molar-refractivity contribution is -0.385. The quantitative estimate of drug-likeness (QED) is 0.478. The van der Waals surface area contributed by atoms with Gasteiger partial charge in [0.05, 0.1) is 10.6 Å². The molecular formula is C15H12F2N2O4S. The molecule has 0 fully saturated rings. The normalized spacial score (nSPS) is 10.5. The number of alkyl halides is 2. The van der Waals surface area contributed by atoms with Crippen molar-refractivity contribution in [2.75, 3.05) is 11.6 Å². The average Bonchev–Trinajstić information content (AvgIpc) is 2.55. The van der Waals surface area contributed by atoms with Gasteiger partial charge in [0.2, 0.25) is 0 Å². The number of nitro benzene ring substituents is 1. The number of hydrogen-bond donors (Lipinski definition) is 1. The first kappa shape index (κ1) is 17.7. The van der Waals surface area contributed by atoms with E-state index >= 15 is 0 Å². The van der Waals surface area contributed by atoms with Crippen LogP contribution in [0.15, 0.2) is 47.4 Å². The minimum Gasteiger partial charge on any atom is -0.433 e. The van der Waals surface area contributed by atoms with Crippen LogP contribution in [-0.4, -0.2) is 23.7 Å². The lowest BCUT2D eigenvalue weighted by atomic mass is 10.1. The van der Waals surface area contributed by atoms with E-state index in [1.165, 1.54) is 54.2 Å². The van der Waals surface area contributed by atoms with Crippen LogP contribution in [-0.2, 0) is 0 Å². The number of carbonyl (C=O) groups is 1. The van der Waals surface area contributed by atoms with Gasteiger partial charge in [0.25, 0.3) is 11.6 Å². The summed E-state index contributed by atoms with van der Waals surface area (Å²) in [6.45, 7) is -3.06. The number of nitrogens with zero attached hydrogens (tertiary/aromatic N) is 1. The first-order chi connectivity index (χ1) is 11.4. The Balaban J connectivity index is 2.35. The van der Waals surface area contributed by atoms with E-state index in [0.29, 0.717) is 4.90 Å². The van der Waals surface area contributed by atoms with Crippen molar-refractivity contribution in [3.63, 3.8) is 0 Å². The van der Waals surface area contributed by atoms with Crippen LogP contribution in [0, 0.1) is 10.1 Å². The SMILES string of the molecule is CSc1ccc([N+](=O)[O-])c(C(=O)Nc2ccccc2OC(F)F)c1. The van der Waals surface area contributed by atoms with Crippen LogP contribution in [0.5, 0.6) is 5.75 Å². The van der Waals surface area contributed by atoms with E-state index in [2.05, 4.69) is 10.1 Å². The smallest absolute Gasteiger partial charge is 0.387 e. The van der Waals surface area contributed by atoms with Crippen LogP contribution < -0.4 is 10.1 Å². The Bertz CT molecular complexity index is 771. The summed E-state index contributed by atoms with van der Waals surface area (Å²) in [5.41, 5.74) is -0.553. The third-order valence-electron chi connectivity index (χ3n) is 3.00. The molecule has 0 aliphatic rings. The van der Waals surface area contributed by atoms with Gasteiger partial charge in [0.1, 0.15) is 11.3 Å². The Morgan fingerprint density at radius 1 is 1.29 bits per heavy atom. The standard InChI is InChI=1S/C15H12F2N2O4S/c1-24-9-6-7-12(19(21)22)10(8-9)14(20)18-11-4-2-3-5-13(11)23-15(16)17/h2-8,15H,1H3,(H,18,20). The van der Waals surface area contributed by atoms with Crippen molar-refractivity contribution in [2.24, 2.45) is 0 Å². The monoisotopic (exact) mass is 354 g/mol. The number of nitro groups is 1. The number of hydrogen-bond acceptors (Lipinski definition) is 5. The van der Waals surface area contributed by atoms with Gasteiger partial charge in [-0.25, -0.2) is 0 Å². The van der Waals surface area contributed by atoms with Crippen molar-refractivity contribution in [2.45, 2.75) is 11.5 Å². The molecule has 0 aliphatic carbocycles. The van der Waals surface area contributed by atoms with Gasteiger partial charge in [-0.05, 0) is 30.5 Å². The second-order valence-corrected chi connectivity index (χ2v) is 5.35. The molecule has 0 aromatic heterocycles. The molecule has 0 saturated heterocycles. The third-order valence-corrected chi connectivity index (χ3v) is 3.72. The molecule has 0 radical (unpaired) electrons. The van der Waals surface area contributed by atoms with Gasteiger partial charge in [-0.2, -0.15) is 8.78 Å². The summed E-state index contributed by atoms with van der Waals surface area (Å²) in [6, 6.07) is 9.71. The van der Waals surface area contributed by atoms with E-state index in [4.69, 9.17) is 0 Å². The maximum atomic E-state index is 12.4. The molecule has 2 aromatic rings. The number of ether oxygens (including phenoxy) is 1. The number of para-hydroxylation sites is 2. The number of carbonyl (C=O) groups excluding carboxylic acids is 1. The number of amides is 1. The highest BCUT2D eigenvalue weighted by Gasteiger charge is 2.22. The van der Waals surface area contributed by atoms with Gasteiger partial charge in [-0.15, -0.1) is 11.8 Å². The topological polar surface area (TPSA) is 81.5 Å². The number of anilines is 1. The van der Waals surface area contributed by atoms with Crippen LogP contribution in [0.3, 0.4) is 0 Å². The van der Waals surface area contributed by atoms with Crippen molar-refractivity contribution >= 4 is 29.0 Å². The van der Waals surface area contributed by atoms with Gasteiger partial charge >= 0.3 is 6.61 Å². The predicted octanol–water partition coefficient (Wildman–Crippen LogP) is 4.17. The minimum absolute atomic E-state index is 0.00773. The molecule has 1 N–H and O–H groups in total. The molecule has 0 saturated carbocycles. The molecule has 2 aromatic carbocycles. The summed E-state index contributed by atoms with van der Waals surface area (Å²) in [5, 5.41) is 13.5. The Kier molecular flexibility index (Phi) is 5.69. The third kappa shape index (κ3) is 4.19. The highest BCUT2D eigenvalue weighted by molar-refractivity contribution is 7.98. The summed E-state index contributed by atoms with van der Waals surface area (Å²) >= 11 is 1.31. The Morgan fingerprint density at radius 2 is 2.00 bits per heavy atom. The molecule has 6 nitrogen and oxygen atoms in total. The van der Waals surface area contributed by atoms with Crippen LogP contribution in [0.4, 0.5) is 20.2 Å². The van der Waals surface area contributed by atoms with E-state index in [-0.39, 0.29) is 22.7 Å². The second-order valence-electron chi connectivity index (χ2n) is 4.47. The maximum absolute atomic E-state index is 12.4. The van der Waals surface area contributed by atoms with E-state index < -0.39 is 17.4 Å².